The number of rotatable bonds is 18. The van der Waals surface area contributed by atoms with Crippen LogP contribution >= 0.6 is 0 Å². The largest absolute Gasteiger partial charge is 0.460 e. The Balaban J connectivity index is 3.00. The van der Waals surface area contributed by atoms with Crippen molar-refractivity contribution >= 4 is 5.97 Å². The zero-order valence-corrected chi connectivity index (χ0v) is 15.3. The first-order valence-corrected chi connectivity index (χ1v) is 9.68. The summed E-state index contributed by atoms with van der Waals surface area (Å²) in [5, 5.41) is 0. The fourth-order valence-electron chi connectivity index (χ4n) is 2.58. The molecular weight excluding hydrogens is 288 g/mol. The van der Waals surface area contributed by atoms with Gasteiger partial charge in [-0.05, 0) is 6.42 Å². The molecule has 136 valence electrons. The minimum atomic E-state index is -0.380. The van der Waals surface area contributed by atoms with Gasteiger partial charge in [0, 0.05) is 12.7 Å². The lowest BCUT2D eigenvalue weighted by Gasteiger charge is -2.05. The first-order valence-electron chi connectivity index (χ1n) is 9.68. The summed E-state index contributed by atoms with van der Waals surface area (Å²) in [5.41, 5.74) is 0. The highest BCUT2D eigenvalue weighted by atomic mass is 16.6. The SMILES string of the molecule is C=CC(=O)OCCOCCCCCCCCCCCCCCC. The van der Waals surface area contributed by atoms with E-state index in [2.05, 4.69) is 13.5 Å². The Bertz CT molecular complexity index is 264. The van der Waals surface area contributed by atoms with Gasteiger partial charge in [-0.3, -0.25) is 0 Å². The molecule has 0 aromatic heterocycles. The monoisotopic (exact) mass is 326 g/mol. The molecule has 3 nitrogen and oxygen atoms in total. The van der Waals surface area contributed by atoms with Crippen molar-refractivity contribution in [3.63, 3.8) is 0 Å². The maximum atomic E-state index is 10.8. The van der Waals surface area contributed by atoms with E-state index in [0.717, 1.165) is 13.0 Å². The van der Waals surface area contributed by atoms with Crippen LogP contribution in [0.2, 0.25) is 0 Å². The molecule has 0 saturated carbocycles. The molecule has 0 aliphatic rings. The summed E-state index contributed by atoms with van der Waals surface area (Å²) in [6.45, 7) is 7.19. The molecule has 0 rings (SSSR count). The standard InChI is InChI=1S/C20H38O3/c1-3-5-6-7-8-9-10-11-12-13-14-15-16-17-22-18-19-23-20(21)4-2/h4H,2-3,5-19H2,1H3. The van der Waals surface area contributed by atoms with Gasteiger partial charge in [0.25, 0.3) is 0 Å². The van der Waals surface area contributed by atoms with E-state index in [1.165, 1.54) is 83.1 Å². The summed E-state index contributed by atoms with van der Waals surface area (Å²) in [7, 11) is 0. The van der Waals surface area contributed by atoms with Crippen LogP contribution in [0, 0.1) is 0 Å². The molecule has 0 bridgehead atoms. The summed E-state index contributed by atoms with van der Waals surface area (Å²) < 4.78 is 10.2. The van der Waals surface area contributed by atoms with Crippen LogP contribution in [0.15, 0.2) is 12.7 Å². The maximum Gasteiger partial charge on any atom is 0.330 e. The van der Waals surface area contributed by atoms with Gasteiger partial charge in [-0.15, -0.1) is 0 Å². The van der Waals surface area contributed by atoms with Crippen molar-refractivity contribution in [2.24, 2.45) is 0 Å². The molecule has 0 unspecified atom stereocenters. The Hall–Kier alpha value is -0.830. The van der Waals surface area contributed by atoms with Gasteiger partial charge in [0.05, 0.1) is 6.61 Å². The number of carbonyl (C=O) groups is 1. The van der Waals surface area contributed by atoms with Gasteiger partial charge < -0.3 is 9.47 Å². The Morgan fingerprint density at radius 1 is 0.739 bits per heavy atom. The Labute approximate surface area is 143 Å². The van der Waals surface area contributed by atoms with Crippen molar-refractivity contribution < 1.29 is 14.3 Å². The third-order valence-corrected chi connectivity index (χ3v) is 4.03. The lowest BCUT2D eigenvalue weighted by molar-refractivity contribution is -0.139. The number of unbranched alkanes of at least 4 members (excludes halogenated alkanes) is 12. The molecule has 23 heavy (non-hydrogen) atoms. The molecule has 0 aliphatic heterocycles. The molecule has 0 heterocycles. The minimum absolute atomic E-state index is 0.323. The van der Waals surface area contributed by atoms with Gasteiger partial charge in [0.2, 0.25) is 0 Å². The molecule has 0 N–H and O–H groups in total. The van der Waals surface area contributed by atoms with Crippen molar-refractivity contribution in [1.82, 2.24) is 0 Å². The molecule has 0 aromatic carbocycles. The molecular formula is C20H38O3. The van der Waals surface area contributed by atoms with Crippen LogP contribution in [0.4, 0.5) is 0 Å². The molecule has 0 amide bonds. The van der Waals surface area contributed by atoms with Gasteiger partial charge in [0.15, 0.2) is 0 Å². The molecule has 0 atom stereocenters. The van der Waals surface area contributed by atoms with Gasteiger partial charge >= 0.3 is 5.97 Å². The zero-order valence-electron chi connectivity index (χ0n) is 15.3. The molecule has 0 radical (unpaired) electrons. The van der Waals surface area contributed by atoms with Gasteiger partial charge in [-0.25, -0.2) is 4.79 Å². The predicted molar refractivity (Wildman–Crippen MR) is 97.7 cm³/mol. The topological polar surface area (TPSA) is 35.5 Å². The predicted octanol–water partition coefficient (Wildman–Crippen LogP) is 5.82. The van der Waals surface area contributed by atoms with Gasteiger partial charge in [-0.2, -0.15) is 0 Å². The van der Waals surface area contributed by atoms with E-state index in [1.807, 2.05) is 0 Å². The Morgan fingerprint density at radius 3 is 1.70 bits per heavy atom. The van der Waals surface area contributed by atoms with Crippen LogP contribution in [-0.4, -0.2) is 25.8 Å². The number of hydrogen-bond donors (Lipinski definition) is 0. The summed E-state index contributed by atoms with van der Waals surface area (Å²) in [6.07, 6.45) is 18.8. The second kappa shape index (κ2) is 19.2. The highest BCUT2D eigenvalue weighted by Crippen LogP contribution is 2.12. The van der Waals surface area contributed by atoms with E-state index in [0.29, 0.717) is 13.2 Å². The van der Waals surface area contributed by atoms with E-state index in [4.69, 9.17) is 9.47 Å². The molecule has 0 spiro atoms. The maximum absolute atomic E-state index is 10.8. The third-order valence-electron chi connectivity index (χ3n) is 4.03. The van der Waals surface area contributed by atoms with Gasteiger partial charge in [0.1, 0.15) is 6.61 Å². The van der Waals surface area contributed by atoms with Crippen molar-refractivity contribution in [1.29, 1.82) is 0 Å². The van der Waals surface area contributed by atoms with Gasteiger partial charge in [-0.1, -0.05) is 90.6 Å². The quantitative estimate of drug-likeness (QED) is 0.181. The summed E-state index contributed by atoms with van der Waals surface area (Å²) in [4.78, 5) is 10.8. The third kappa shape index (κ3) is 19.1. The van der Waals surface area contributed by atoms with Crippen LogP contribution < -0.4 is 0 Å². The molecule has 0 saturated heterocycles. The minimum Gasteiger partial charge on any atom is -0.460 e. The number of hydrogen-bond acceptors (Lipinski definition) is 3. The fourth-order valence-corrected chi connectivity index (χ4v) is 2.58. The molecule has 0 aromatic rings. The summed E-state index contributed by atoms with van der Waals surface area (Å²) in [5.74, 6) is -0.380. The van der Waals surface area contributed by atoms with E-state index in [9.17, 15) is 4.79 Å². The molecule has 0 aliphatic carbocycles. The number of ether oxygens (including phenoxy) is 2. The van der Waals surface area contributed by atoms with Crippen LogP contribution in [0.25, 0.3) is 0 Å². The lowest BCUT2D eigenvalue weighted by atomic mass is 10.0. The molecule has 0 fully saturated rings. The van der Waals surface area contributed by atoms with Crippen molar-refractivity contribution in [2.45, 2.75) is 90.4 Å². The van der Waals surface area contributed by atoms with Crippen molar-refractivity contribution in [3.8, 4) is 0 Å². The highest BCUT2D eigenvalue weighted by Gasteiger charge is 1.96. The first-order chi connectivity index (χ1) is 11.3. The normalized spacial score (nSPS) is 10.7. The number of carbonyl (C=O) groups excluding carboxylic acids is 1. The van der Waals surface area contributed by atoms with Crippen LogP contribution in [0.3, 0.4) is 0 Å². The summed E-state index contributed by atoms with van der Waals surface area (Å²) >= 11 is 0. The average Bonchev–Trinajstić information content (AvgIpc) is 2.57. The van der Waals surface area contributed by atoms with Crippen LogP contribution in [0.1, 0.15) is 90.4 Å². The Morgan fingerprint density at radius 2 is 1.22 bits per heavy atom. The first kappa shape index (κ1) is 22.2. The van der Waals surface area contributed by atoms with Crippen LogP contribution in [-0.2, 0) is 14.3 Å². The highest BCUT2D eigenvalue weighted by molar-refractivity contribution is 5.81. The average molecular weight is 327 g/mol. The van der Waals surface area contributed by atoms with E-state index in [1.54, 1.807) is 0 Å². The van der Waals surface area contributed by atoms with Crippen LogP contribution in [0.5, 0.6) is 0 Å². The fraction of sp³-hybridized carbons (Fsp3) is 0.850. The van der Waals surface area contributed by atoms with E-state index >= 15 is 0 Å². The zero-order chi connectivity index (χ0) is 17.0. The Kier molecular flexibility index (Phi) is 18.5. The lowest BCUT2D eigenvalue weighted by Crippen LogP contribution is -2.08. The molecule has 3 heteroatoms. The van der Waals surface area contributed by atoms with Crippen molar-refractivity contribution in [3.05, 3.63) is 12.7 Å². The summed E-state index contributed by atoms with van der Waals surface area (Å²) in [6, 6.07) is 0. The van der Waals surface area contributed by atoms with E-state index < -0.39 is 0 Å². The van der Waals surface area contributed by atoms with E-state index in [-0.39, 0.29) is 5.97 Å². The smallest absolute Gasteiger partial charge is 0.330 e. The second-order valence-corrected chi connectivity index (χ2v) is 6.23. The second-order valence-electron chi connectivity index (χ2n) is 6.23. The van der Waals surface area contributed by atoms with Crippen molar-refractivity contribution in [2.75, 3.05) is 19.8 Å². The number of esters is 1.